The minimum Gasteiger partial charge on any atom is -0.321 e. The smallest absolute Gasteiger partial charge is 0.154 e. The van der Waals surface area contributed by atoms with Crippen molar-refractivity contribution >= 4 is 17.4 Å². The van der Waals surface area contributed by atoms with Gasteiger partial charge in [0.2, 0.25) is 0 Å². The van der Waals surface area contributed by atoms with Gasteiger partial charge in [-0.25, -0.2) is 4.39 Å². The first-order valence-electron chi connectivity index (χ1n) is 5.44. The maximum Gasteiger partial charge on any atom is 0.154 e. The molecule has 1 aromatic carbocycles. The Morgan fingerprint density at radius 3 is 2.53 bits per heavy atom. The number of benzene rings is 1. The predicted molar refractivity (Wildman–Crippen MR) is 67.6 cm³/mol. The molecule has 0 saturated carbocycles. The lowest BCUT2D eigenvalue weighted by Gasteiger charge is -2.25. The van der Waals surface area contributed by atoms with Crippen LogP contribution in [0.5, 0.6) is 0 Å². The van der Waals surface area contributed by atoms with E-state index in [2.05, 4.69) is 0 Å². The van der Waals surface area contributed by atoms with Gasteiger partial charge < -0.3 is 5.73 Å². The topological polar surface area (TPSA) is 43.1 Å². The Kier molecular flexibility index (Phi) is 4.28. The highest BCUT2D eigenvalue weighted by atomic mass is 35.5. The zero-order chi connectivity index (χ0) is 13.2. The van der Waals surface area contributed by atoms with Gasteiger partial charge >= 0.3 is 0 Å². The van der Waals surface area contributed by atoms with E-state index < -0.39 is 11.9 Å². The Balaban J connectivity index is 2.78. The molecule has 0 saturated heterocycles. The molecule has 0 aromatic heterocycles. The van der Waals surface area contributed by atoms with Crippen LogP contribution in [0.25, 0.3) is 0 Å². The van der Waals surface area contributed by atoms with Crippen LogP contribution in [-0.2, 0) is 11.2 Å². The van der Waals surface area contributed by atoms with Crippen molar-refractivity contribution in [2.45, 2.75) is 33.2 Å². The average molecular weight is 258 g/mol. The van der Waals surface area contributed by atoms with Crippen molar-refractivity contribution < 1.29 is 9.18 Å². The first kappa shape index (κ1) is 14.1. The molecule has 1 aromatic rings. The monoisotopic (exact) mass is 257 g/mol. The molecule has 1 unspecified atom stereocenters. The van der Waals surface area contributed by atoms with Gasteiger partial charge in [0.05, 0.1) is 11.1 Å². The van der Waals surface area contributed by atoms with Gasteiger partial charge in [0.25, 0.3) is 0 Å². The van der Waals surface area contributed by atoms with Crippen molar-refractivity contribution in [3.8, 4) is 0 Å². The Bertz CT molecular complexity index is 426. The quantitative estimate of drug-likeness (QED) is 0.905. The molecular formula is C13H17ClFNO. The lowest BCUT2D eigenvalue weighted by atomic mass is 9.83. The van der Waals surface area contributed by atoms with E-state index in [1.54, 1.807) is 6.07 Å². The summed E-state index contributed by atoms with van der Waals surface area (Å²) in [4.78, 5) is 11.9. The molecule has 1 rings (SSSR count). The summed E-state index contributed by atoms with van der Waals surface area (Å²) in [6.07, 6.45) is 0.131. The van der Waals surface area contributed by atoms with Crippen LogP contribution in [0.1, 0.15) is 26.3 Å². The Morgan fingerprint density at radius 2 is 2.06 bits per heavy atom. The summed E-state index contributed by atoms with van der Waals surface area (Å²) in [7, 11) is 0. The normalized spacial score (nSPS) is 13.5. The summed E-state index contributed by atoms with van der Waals surface area (Å²) in [6.45, 7) is 5.70. The van der Waals surface area contributed by atoms with E-state index in [0.29, 0.717) is 5.56 Å². The van der Waals surface area contributed by atoms with Gasteiger partial charge in [0.15, 0.2) is 5.78 Å². The minimum atomic E-state index is -0.554. The van der Waals surface area contributed by atoms with Crippen LogP contribution in [0.4, 0.5) is 4.39 Å². The molecular weight excluding hydrogens is 241 g/mol. The highest BCUT2D eigenvalue weighted by molar-refractivity contribution is 6.30. The van der Waals surface area contributed by atoms with E-state index in [1.807, 2.05) is 20.8 Å². The molecule has 17 heavy (non-hydrogen) atoms. The third kappa shape index (κ3) is 3.79. The molecule has 0 radical (unpaired) electrons. The SMILES string of the molecule is CC(C)(C)C(N)C(=O)Cc1ccc(Cl)c(F)c1. The van der Waals surface area contributed by atoms with Crippen molar-refractivity contribution in [3.63, 3.8) is 0 Å². The number of hydrogen-bond donors (Lipinski definition) is 1. The van der Waals surface area contributed by atoms with Crippen molar-refractivity contribution in [1.29, 1.82) is 0 Å². The van der Waals surface area contributed by atoms with Crippen molar-refractivity contribution in [2.24, 2.45) is 11.1 Å². The average Bonchev–Trinajstić information content (AvgIpc) is 2.21. The molecule has 2 nitrogen and oxygen atoms in total. The fourth-order valence-electron chi connectivity index (χ4n) is 1.44. The number of halogens is 2. The molecule has 0 amide bonds. The van der Waals surface area contributed by atoms with E-state index in [4.69, 9.17) is 17.3 Å². The standard InChI is InChI=1S/C13H17ClFNO/c1-13(2,3)12(16)11(17)7-8-4-5-9(14)10(15)6-8/h4-6,12H,7,16H2,1-3H3. The van der Waals surface area contributed by atoms with Crippen LogP contribution in [-0.4, -0.2) is 11.8 Å². The first-order chi connectivity index (χ1) is 7.71. The zero-order valence-electron chi connectivity index (χ0n) is 10.3. The van der Waals surface area contributed by atoms with Crippen LogP contribution in [0, 0.1) is 11.2 Å². The van der Waals surface area contributed by atoms with Crippen LogP contribution in [0.15, 0.2) is 18.2 Å². The number of carbonyl (C=O) groups excluding carboxylic acids is 1. The second-order valence-electron chi connectivity index (χ2n) is 5.24. The lowest BCUT2D eigenvalue weighted by Crippen LogP contribution is -2.43. The molecule has 0 bridgehead atoms. The summed E-state index contributed by atoms with van der Waals surface area (Å²) in [5.41, 5.74) is 6.15. The largest absolute Gasteiger partial charge is 0.321 e. The maximum atomic E-state index is 13.2. The first-order valence-corrected chi connectivity index (χ1v) is 5.82. The summed E-state index contributed by atoms with van der Waals surface area (Å²) in [5, 5.41) is 0.0568. The molecule has 0 heterocycles. The van der Waals surface area contributed by atoms with Gasteiger partial charge in [-0.2, -0.15) is 0 Å². The molecule has 94 valence electrons. The molecule has 0 aliphatic heterocycles. The van der Waals surface area contributed by atoms with Crippen molar-refractivity contribution in [3.05, 3.63) is 34.6 Å². The fourth-order valence-corrected chi connectivity index (χ4v) is 1.56. The molecule has 0 aliphatic rings. The molecule has 2 N–H and O–H groups in total. The number of Topliss-reactive ketones (excluding diaryl/α,β-unsaturated/α-hetero) is 1. The van der Waals surface area contributed by atoms with Crippen LogP contribution in [0.3, 0.4) is 0 Å². The molecule has 0 aliphatic carbocycles. The zero-order valence-corrected chi connectivity index (χ0v) is 11.0. The van der Waals surface area contributed by atoms with E-state index in [0.717, 1.165) is 0 Å². The lowest BCUT2D eigenvalue weighted by molar-refractivity contribution is -0.121. The number of rotatable bonds is 3. The Hall–Kier alpha value is -0.930. The molecule has 0 spiro atoms. The summed E-state index contributed by atoms with van der Waals surface area (Å²) < 4.78 is 13.2. The fraction of sp³-hybridized carbons (Fsp3) is 0.462. The number of carbonyl (C=O) groups is 1. The number of hydrogen-bond acceptors (Lipinski definition) is 2. The maximum absolute atomic E-state index is 13.2. The van der Waals surface area contributed by atoms with Gasteiger partial charge in [0.1, 0.15) is 5.82 Å². The predicted octanol–water partition coefficient (Wildman–Crippen LogP) is 2.96. The molecule has 1 atom stereocenters. The van der Waals surface area contributed by atoms with Gasteiger partial charge in [-0.3, -0.25) is 4.79 Å². The van der Waals surface area contributed by atoms with Gasteiger partial charge in [-0.1, -0.05) is 38.4 Å². The van der Waals surface area contributed by atoms with Crippen molar-refractivity contribution in [1.82, 2.24) is 0 Å². The van der Waals surface area contributed by atoms with Gasteiger partial charge in [-0.05, 0) is 23.1 Å². The van der Waals surface area contributed by atoms with Crippen LogP contribution in [0.2, 0.25) is 5.02 Å². The summed E-state index contributed by atoms with van der Waals surface area (Å²) in [5.74, 6) is -0.611. The third-order valence-electron chi connectivity index (χ3n) is 2.64. The Labute approximate surface area is 106 Å². The van der Waals surface area contributed by atoms with E-state index >= 15 is 0 Å². The number of ketones is 1. The Morgan fingerprint density at radius 1 is 1.47 bits per heavy atom. The summed E-state index contributed by atoms with van der Waals surface area (Å²) >= 11 is 5.57. The van der Waals surface area contributed by atoms with E-state index in [9.17, 15) is 9.18 Å². The van der Waals surface area contributed by atoms with Crippen LogP contribution >= 0.6 is 11.6 Å². The van der Waals surface area contributed by atoms with Gasteiger partial charge in [0, 0.05) is 6.42 Å². The van der Waals surface area contributed by atoms with Crippen LogP contribution < -0.4 is 5.73 Å². The van der Waals surface area contributed by atoms with Gasteiger partial charge in [-0.15, -0.1) is 0 Å². The van der Waals surface area contributed by atoms with Crippen molar-refractivity contribution in [2.75, 3.05) is 0 Å². The van der Waals surface area contributed by atoms with E-state index in [-0.39, 0.29) is 22.6 Å². The second-order valence-corrected chi connectivity index (χ2v) is 5.64. The van der Waals surface area contributed by atoms with E-state index in [1.165, 1.54) is 12.1 Å². The summed E-state index contributed by atoms with van der Waals surface area (Å²) in [6, 6.07) is 3.80. The molecule has 4 heteroatoms. The third-order valence-corrected chi connectivity index (χ3v) is 2.95. The number of nitrogens with two attached hydrogens (primary N) is 1. The minimum absolute atomic E-state index is 0.0568. The highest BCUT2D eigenvalue weighted by Gasteiger charge is 2.27. The molecule has 0 fully saturated rings. The highest BCUT2D eigenvalue weighted by Crippen LogP contribution is 2.21. The second kappa shape index (κ2) is 5.15.